The molecule has 0 saturated heterocycles. The van der Waals surface area contributed by atoms with E-state index in [1.54, 1.807) is 6.07 Å². The highest BCUT2D eigenvalue weighted by molar-refractivity contribution is 6.33. The summed E-state index contributed by atoms with van der Waals surface area (Å²) in [5.74, 6) is 0. The molecule has 0 fully saturated rings. The topological polar surface area (TPSA) is 20.2 Å². The van der Waals surface area contributed by atoms with Crippen LogP contribution in [0.2, 0.25) is 10.0 Å². The maximum Gasteiger partial charge on any atom is 0.0723 e. The van der Waals surface area contributed by atoms with E-state index >= 15 is 0 Å². The van der Waals surface area contributed by atoms with Crippen molar-refractivity contribution in [3.8, 4) is 0 Å². The Kier molecular flexibility index (Phi) is 4.49. The summed E-state index contributed by atoms with van der Waals surface area (Å²) in [7, 11) is 0. The van der Waals surface area contributed by atoms with Crippen LogP contribution in [0, 0.1) is 0 Å². The van der Waals surface area contributed by atoms with Crippen LogP contribution in [0.1, 0.15) is 31.2 Å². The summed E-state index contributed by atoms with van der Waals surface area (Å²) in [6.45, 7) is 0. The quantitative estimate of drug-likeness (QED) is 0.790. The van der Waals surface area contributed by atoms with Crippen LogP contribution in [-0.4, -0.2) is 11.2 Å². The molecule has 1 aromatic carbocycles. The largest absolute Gasteiger partial charge is 0.389 e. The van der Waals surface area contributed by atoms with Gasteiger partial charge < -0.3 is 5.11 Å². The van der Waals surface area contributed by atoms with Crippen LogP contribution in [0.15, 0.2) is 29.8 Å². The Hall–Kier alpha value is -0.500. The first kappa shape index (κ1) is 12.9. The summed E-state index contributed by atoms with van der Waals surface area (Å²) < 4.78 is 0. The van der Waals surface area contributed by atoms with Gasteiger partial charge in [-0.25, -0.2) is 0 Å². The van der Waals surface area contributed by atoms with E-state index < -0.39 is 0 Å². The van der Waals surface area contributed by atoms with E-state index in [-0.39, 0.29) is 6.10 Å². The third kappa shape index (κ3) is 3.74. The van der Waals surface area contributed by atoms with Crippen LogP contribution in [0.4, 0.5) is 0 Å². The van der Waals surface area contributed by atoms with Crippen molar-refractivity contribution in [2.45, 2.75) is 38.2 Å². The molecule has 0 aromatic heterocycles. The van der Waals surface area contributed by atoms with Crippen LogP contribution < -0.4 is 0 Å². The number of aliphatic hydroxyl groups is 1. The maximum atomic E-state index is 9.73. The molecule has 1 aromatic rings. The number of rotatable bonds is 2. The Labute approximate surface area is 112 Å². The van der Waals surface area contributed by atoms with Gasteiger partial charge in [-0.1, -0.05) is 41.3 Å². The van der Waals surface area contributed by atoms with Crippen molar-refractivity contribution in [2.24, 2.45) is 0 Å². The van der Waals surface area contributed by atoms with Crippen molar-refractivity contribution in [1.29, 1.82) is 0 Å². The highest BCUT2D eigenvalue weighted by Gasteiger charge is 2.11. The summed E-state index contributed by atoms with van der Waals surface area (Å²) in [5, 5.41) is 11.2. The molecule has 0 spiro atoms. The Morgan fingerprint density at radius 2 is 2.06 bits per heavy atom. The molecule has 2 rings (SSSR count). The van der Waals surface area contributed by atoms with E-state index in [0.717, 1.165) is 42.7 Å². The van der Waals surface area contributed by atoms with Crippen molar-refractivity contribution in [1.82, 2.24) is 0 Å². The number of allylic oxidation sites excluding steroid dienone is 1. The van der Waals surface area contributed by atoms with Gasteiger partial charge in [0.05, 0.1) is 6.10 Å². The summed E-state index contributed by atoms with van der Waals surface area (Å²) in [5.41, 5.74) is 2.30. The molecular formula is C14H16Cl2O. The molecule has 1 unspecified atom stereocenters. The lowest BCUT2D eigenvalue weighted by Crippen LogP contribution is -2.01. The second kappa shape index (κ2) is 5.90. The average Bonchev–Trinajstić information content (AvgIpc) is 2.48. The fourth-order valence-electron chi connectivity index (χ4n) is 2.22. The van der Waals surface area contributed by atoms with E-state index in [4.69, 9.17) is 23.2 Å². The van der Waals surface area contributed by atoms with Gasteiger partial charge in [-0.2, -0.15) is 0 Å². The van der Waals surface area contributed by atoms with Crippen LogP contribution in [-0.2, 0) is 6.42 Å². The Bertz CT molecular complexity index is 426. The van der Waals surface area contributed by atoms with Gasteiger partial charge in [0.2, 0.25) is 0 Å². The van der Waals surface area contributed by atoms with Gasteiger partial charge in [0.25, 0.3) is 0 Å². The van der Waals surface area contributed by atoms with Gasteiger partial charge in [-0.05, 0) is 49.4 Å². The third-order valence-electron chi connectivity index (χ3n) is 3.10. The molecule has 0 heterocycles. The molecule has 3 heteroatoms. The fraction of sp³-hybridized carbons (Fsp3) is 0.429. The minimum Gasteiger partial charge on any atom is -0.389 e. The van der Waals surface area contributed by atoms with Gasteiger partial charge in [-0.3, -0.25) is 0 Å². The molecular weight excluding hydrogens is 255 g/mol. The first-order valence-corrected chi connectivity index (χ1v) is 6.72. The zero-order chi connectivity index (χ0) is 12.3. The molecule has 17 heavy (non-hydrogen) atoms. The van der Waals surface area contributed by atoms with Crippen LogP contribution in [0.5, 0.6) is 0 Å². The van der Waals surface area contributed by atoms with E-state index in [2.05, 4.69) is 0 Å². The first-order valence-electron chi connectivity index (χ1n) is 5.97. The number of aliphatic hydroxyl groups excluding tert-OH is 1. The van der Waals surface area contributed by atoms with E-state index in [1.165, 1.54) is 5.57 Å². The summed E-state index contributed by atoms with van der Waals surface area (Å²) in [6, 6.07) is 5.53. The van der Waals surface area contributed by atoms with Gasteiger partial charge in [0.15, 0.2) is 0 Å². The Morgan fingerprint density at radius 3 is 2.88 bits per heavy atom. The fourth-order valence-corrected chi connectivity index (χ4v) is 2.59. The molecule has 1 atom stereocenters. The van der Waals surface area contributed by atoms with Gasteiger partial charge in [0, 0.05) is 10.0 Å². The summed E-state index contributed by atoms with van der Waals surface area (Å²) in [6.07, 6.45) is 6.60. The Morgan fingerprint density at radius 1 is 1.24 bits per heavy atom. The third-order valence-corrected chi connectivity index (χ3v) is 3.70. The van der Waals surface area contributed by atoms with E-state index in [0.29, 0.717) is 5.02 Å². The smallest absolute Gasteiger partial charge is 0.0723 e. The highest BCUT2D eigenvalue weighted by atomic mass is 35.5. The maximum absolute atomic E-state index is 9.73. The summed E-state index contributed by atoms with van der Waals surface area (Å²) in [4.78, 5) is 0. The Balaban J connectivity index is 2.16. The number of halogens is 2. The van der Waals surface area contributed by atoms with E-state index in [1.807, 2.05) is 18.2 Å². The first-order chi connectivity index (χ1) is 8.15. The van der Waals surface area contributed by atoms with Crippen LogP contribution in [0.25, 0.3) is 0 Å². The summed E-state index contributed by atoms with van der Waals surface area (Å²) >= 11 is 12.1. The number of hydrogen-bond donors (Lipinski definition) is 1. The highest BCUT2D eigenvalue weighted by Crippen LogP contribution is 2.26. The van der Waals surface area contributed by atoms with Crippen LogP contribution >= 0.6 is 23.2 Å². The molecule has 1 aliphatic carbocycles. The van der Waals surface area contributed by atoms with Gasteiger partial charge in [0.1, 0.15) is 0 Å². The van der Waals surface area contributed by atoms with Crippen molar-refractivity contribution < 1.29 is 5.11 Å². The van der Waals surface area contributed by atoms with Crippen molar-refractivity contribution >= 4 is 23.2 Å². The standard InChI is InChI=1S/C14H16Cl2O/c15-12-5-6-14(16)11(9-12)7-10-3-1-2-4-13(17)8-10/h5-6,8-9,13,17H,1-4,7H2. The average molecular weight is 271 g/mol. The normalized spacial score (nSPS) is 20.9. The SMILES string of the molecule is OC1C=C(Cc2cc(Cl)ccc2Cl)CCCC1. The molecule has 92 valence electrons. The molecule has 0 amide bonds. The van der Waals surface area contributed by atoms with Crippen molar-refractivity contribution in [3.63, 3.8) is 0 Å². The predicted octanol–water partition coefficient (Wildman–Crippen LogP) is 4.40. The predicted molar refractivity (Wildman–Crippen MR) is 72.7 cm³/mol. The molecule has 0 saturated carbocycles. The molecule has 0 radical (unpaired) electrons. The lowest BCUT2D eigenvalue weighted by atomic mass is 10.0. The second-order valence-corrected chi connectivity index (χ2v) is 5.39. The molecule has 0 aliphatic heterocycles. The molecule has 1 nitrogen and oxygen atoms in total. The zero-order valence-electron chi connectivity index (χ0n) is 9.63. The van der Waals surface area contributed by atoms with Crippen molar-refractivity contribution in [3.05, 3.63) is 45.5 Å². The van der Waals surface area contributed by atoms with Crippen molar-refractivity contribution in [2.75, 3.05) is 0 Å². The zero-order valence-corrected chi connectivity index (χ0v) is 11.1. The number of benzene rings is 1. The molecule has 0 bridgehead atoms. The minimum absolute atomic E-state index is 0.301. The van der Waals surface area contributed by atoms with E-state index in [9.17, 15) is 5.11 Å². The molecule has 1 N–H and O–H groups in total. The van der Waals surface area contributed by atoms with Gasteiger partial charge >= 0.3 is 0 Å². The number of hydrogen-bond acceptors (Lipinski definition) is 1. The van der Waals surface area contributed by atoms with Gasteiger partial charge in [-0.15, -0.1) is 0 Å². The second-order valence-electron chi connectivity index (χ2n) is 4.55. The lowest BCUT2D eigenvalue weighted by molar-refractivity contribution is 0.211. The lowest BCUT2D eigenvalue weighted by Gasteiger charge is -2.09. The monoisotopic (exact) mass is 270 g/mol. The molecule has 1 aliphatic rings. The minimum atomic E-state index is -0.301. The van der Waals surface area contributed by atoms with Crippen LogP contribution in [0.3, 0.4) is 0 Å².